The van der Waals surface area contributed by atoms with Gasteiger partial charge in [0.15, 0.2) is 5.65 Å². The highest BCUT2D eigenvalue weighted by atomic mass is 16.5. The first-order valence-corrected chi connectivity index (χ1v) is 11.3. The lowest BCUT2D eigenvalue weighted by molar-refractivity contribution is -0.126. The summed E-state index contributed by atoms with van der Waals surface area (Å²) in [5.74, 6) is 1.53. The monoisotopic (exact) mass is 477 g/mol. The number of nitrogens with zero attached hydrogens (tertiary/aromatic N) is 6. The number of ether oxygens (including phenoxy) is 2. The van der Waals surface area contributed by atoms with E-state index in [0.717, 1.165) is 17.9 Å². The van der Waals surface area contributed by atoms with E-state index in [4.69, 9.17) is 19.4 Å². The van der Waals surface area contributed by atoms with Crippen LogP contribution in [0.3, 0.4) is 0 Å². The number of hydrogen-bond acceptors (Lipinski definition) is 10. The molecule has 1 saturated heterocycles. The minimum atomic E-state index is -1.02. The molecule has 2 aliphatic heterocycles. The zero-order valence-corrected chi connectivity index (χ0v) is 19.8. The zero-order valence-electron chi connectivity index (χ0n) is 19.8. The van der Waals surface area contributed by atoms with Crippen LogP contribution < -0.4 is 19.7 Å². The first-order valence-electron chi connectivity index (χ1n) is 11.3. The van der Waals surface area contributed by atoms with E-state index >= 15 is 0 Å². The number of aliphatic hydroxyl groups excluding tert-OH is 1. The molecule has 0 saturated carbocycles. The Labute approximate surface area is 202 Å². The summed E-state index contributed by atoms with van der Waals surface area (Å²) >= 11 is 0. The van der Waals surface area contributed by atoms with E-state index in [9.17, 15) is 9.90 Å². The van der Waals surface area contributed by atoms with Gasteiger partial charge in [-0.25, -0.2) is 9.97 Å². The van der Waals surface area contributed by atoms with Crippen molar-refractivity contribution < 1.29 is 19.4 Å². The minimum absolute atomic E-state index is 0.0521. The zero-order chi connectivity index (χ0) is 24.5. The van der Waals surface area contributed by atoms with Crippen LogP contribution in [-0.2, 0) is 4.79 Å². The number of hydrogen-bond donors (Lipinski definition) is 2. The summed E-state index contributed by atoms with van der Waals surface area (Å²) in [7, 11) is 5.09. The summed E-state index contributed by atoms with van der Waals surface area (Å²) < 4.78 is 10.9. The highest BCUT2D eigenvalue weighted by molar-refractivity contribution is 5.83. The van der Waals surface area contributed by atoms with E-state index < -0.39 is 6.10 Å². The molecule has 2 aromatic heterocycles. The number of anilines is 2. The molecule has 0 radical (unpaired) electrons. The topological polar surface area (TPSA) is 125 Å². The van der Waals surface area contributed by atoms with Crippen LogP contribution in [0.5, 0.6) is 11.5 Å². The van der Waals surface area contributed by atoms with Gasteiger partial charge in [0.2, 0.25) is 5.91 Å². The first kappa shape index (κ1) is 22.8. The number of likely N-dealkylation sites (N-methyl/N-ethyl adjacent to an activating group) is 1. The summed E-state index contributed by atoms with van der Waals surface area (Å²) in [6, 6.07) is 8.99. The molecule has 182 valence electrons. The molecule has 11 nitrogen and oxygen atoms in total. The third-order valence-corrected chi connectivity index (χ3v) is 6.18. The fraction of sp³-hybridized carbons (Fsp3) is 0.375. The number of carbonyl (C=O) groups excluding carboxylic acids is 1. The van der Waals surface area contributed by atoms with Gasteiger partial charge in [-0.1, -0.05) is 0 Å². The Balaban J connectivity index is 1.55. The van der Waals surface area contributed by atoms with Crippen LogP contribution in [0.2, 0.25) is 0 Å². The highest BCUT2D eigenvalue weighted by Crippen LogP contribution is 2.33. The third-order valence-electron chi connectivity index (χ3n) is 6.18. The highest BCUT2D eigenvalue weighted by Gasteiger charge is 2.32. The van der Waals surface area contributed by atoms with E-state index in [1.807, 2.05) is 47.4 Å². The molecule has 1 fully saturated rings. The third kappa shape index (κ3) is 4.67. The largest absolute Gasteiger partial charge is 0.497 e. The molecular formula is C24H27N7O4. The average molecular weight is 478 g/mol. The molecule has 2 aliphatic rings. The quantitative estimate of drug-likeness (QED) is 0.520. The first-order chi connectivity index (χ1) is 16.9. The van der Waals surface area contributed by atoms with E-state index in [1.54, 1.807) is 26.5 Å². The molecule has 35 heavy (non-hydrogen) atoms. The number of pyridine rings is 1. The molecule has 1 amide bonds. The van der Waals surface area contributed by atoms with Crippen molar-refractivity contribution in [2.75, 3.05) is 39.3 Å². The number of amides is 1. The number of aliphatic hydroxyl groups is 1. The maximum atomic E-state index is 11.9. The molecule has 3 unspecified atom stereocenters. The van der Waals surface area contributed by atoms with Gasteiger partial charge in [0.1, 0.15) is 28.9 Å². The number of fused-ring (bicyclic) bond motifs is 1. The van der Waals surface area contributed by atoms with Crippen LogP contribution >= 0.6 is 0 Å². The van der Waals surface area contributed by atoms with Crippen LogP contribution in [-0.4, -0.2) is 83.7 Å². The minimum Gasteiger partial charge on any atom is -0.497 e. The van der Waals surface area contributed by atoms with Crippen molar-refractivity contribution in [2.45, 2.75) is 24.5 Å². The molecular weight excluding hydrogens is 450 g/mol. The number of methoxy groups -OCH3 is 2. The predicted molar refractivity (Wildman–Crippen MR) is 130 cm³/mol. The number of hydrazone groups is 1. The second kappa shape index (κ2) is 9.34. The van der Waals surface area contributed by atoms with Crippen molar-refractivity contribution >= 4 is 34.8 Å². The second-order valence-corrected chi connectivity index (χ2v) is 8.66. The average Bonchev–Trinajstić information content (AvgIpc) is 3.45. The van der Waals surface area contributed by atoms with Crippen molar-refractivity contribution in [1.29, 1.82) is 0 Å². The van der Waals surface area contributed by atoms with Gasteiger partial charge in [0.25, 0.3) is 0 Å². The fourth-order valence-corrected chi connectivity index (χ4v) is 4.33. The molecule has 5 rings (SSSR count). The van der Waals surface area contributed by atoms with Crippen molar-refractivity contribution in [3.8, 4) is 11.5 Å². The summed E-state index contributed by atoms with van der Waals surface area (Å²) in [6.45, 7) is 1.12. The van der Waals surface area contributed by atoms with Crippen molar-refractivity contribution in [3.05, 3.63) is 42.2 Å². The van der Waals surface area contributed by atoms with Gasteiger partial charge < -0.3 is 24.8 Å². The van der Waals surface area contributed by atoms with E-state index in [0.29, 0.717) is 41.4 Å². The van der Waals surface area contributed by atoms with E-state index in [-0.39, 0.29) is 17.9 Å². The smallest absolute Gasteiger partial charge is 0.249 e. The molecule has 0 aliphatic carbocycles. The summed E-state index contributed by atoms with van der Waals surface area (Å²) in [6.07, 6.45) is 2.91. The Morgan fingerprint density at radius 2 is 1.94 bits per heavy atom. The Morgan fingerprint density at radius 1 is 1.17 bits per heavy atom. The van der Waals surface area contributed by atoms with Gasteiger partial charge in [-0.2, -0.15) is 5.10 Å². The molecule has 3 aromatic rings. The molecule has 1 aromatic carbocycles. The Hall–Kier alpha value is -3.99. The summed E-state index contributed by atoms with van der Waals surface area (Å²) in [5, 5.41) is 19.0. The van der Waals surface area contributed by atoms with Gasteiger partial charge >= 0.3 is 0 Å². The van der Waals surface area contributed by atoms with Gasteiger partial charge in [-0.15, -0.1) is 0 Å². The maximum Gasteiger partial charge on any atom is 0.249 e. The molecule has 11 heteroatoms. The number of aromatic nitrogens is 3. The summed E-state index contributed by atoms with van der Waals surface area (Å²) in [4.78, 5) is 28.0. The Bertz CT molecular complexity index is 1260. The molecule has 4 heterocycles. The normalized spacial score (nSPS) is 21.4. The van der Waals surface area contributed by atoms with Gasteiger partial charge in [0.05, 0.1) is 32.0 Å². The van der Waals surface area contributed by atoms with Gasteiger partial charge in [-0.05, 0) is 12.1 Å². The van der Waals surface area contributed by atoms with Crippen LogP contribution in [0.4, 0.5) is 11.5 Å². The predicted octanol–water partition coefficient (Wildman–Crippen LogP) is 1.44. The number of benzene rings is 1. The number of rotatable bonds is 7. The van der Waals surface area contributed by atoms with Crippen molar-refractivity contribution in [3.63, 3.8) is 0 Å². The lowest BCUT2D eigenvalue weighted by Gasteiger charge is -2.27. The van der Waals surface area contributed by atoms with Crippen LogP contribution in [0.15, 0.2) is 41.6 Å². The molecule has 0 bridgehead atoms. The molecule has 0 spiro atoms. The Kier molecular flexibility index (Phi) is 6.08. The van der Waals surface area contributed by atoms with Gasteiger partial charge in [-0.3, -0.25) is 14.8 Å². The molecule has 2 N–H and O–H groups in total. The Morgan fingerprint density at radius 3 is 2.57 bits per heavy atom. The van der Waals surface area contributed by atoms with Gasteiger partial charge in [0, 0.05) is 62.7 Å². The van der Waals surface area contributed by atoms with Crippen LogP contribution in [0, 0.1) is 0 Å². The lowest BCUT2D eigenvalue weighted by atomic mass is 10.1. The summed E-state index contributed by atoms with van der Waals surface area (Å²) in [5.41, 5.74) is 2.75. The SMILES string of the molecule is COc1cc(OC)cc(N(CC2CC(O)C(=O)N2)c2ccc3ncc(C4C=NN(C)C4)nc3n2)c1. The lowest BCUT2D eigenvalue weighted by Crippen LogP contribution is -2.37. The maximum absolute atomic E-state index is 11.9. The fourth-order valence-electron chi connectivity index (χ4n) is 4.33. The number of nitrogens with one attached hydrogen (secondary N) is 1. The van der Waals surface area contributed by atoms with Crippen LogP contribution in [0.1, 0.15) is 18.0 Å². The molecule has 3 atom stereocenters. The standard InChI is InChI=1S/C24H27N7O4/c1-30-12-14(10-26-30)20-11-25-19-4-5-22(29-23(19)28-20)31(13-15-6-21(32)24(33)27-15)16-7-17(34-2)9-18(8-16)35-3/h4-5,7-11,14-15,21,32H,6,12-13H2,1-3H3,(H,27,33). The van der Waals surface area contributed by atoms with Crippen molar-refractivity contribution in [1.82, 2.24) is 25.3 Å². The van der Waals surface area contributed by atoms with E-state index in [1.165, 1.54) is 0 Å². The van der Waals surface area contributed by atoms with E-state index in [2.05, 4.69) is 15.4 Å². The van der Waals surface area contributed by atoms with Crippen LogP contribution in [0.25, 0.3) is 11.2 Å². The van der Waals surface area contributed by atoms with Crippen molar-refractivity contribution in [2.24, 2.45) is 5.10 Å². The number of carbonyl (C=O) groups is 1. The second-order valence-electron chi connectivity index (χ2n) is 8.66.